The van der Waals surface area contributed by atoms with E-state index in [0.29, 0.717) is 17.2 Å². The van der Waals surface area contributed by atoms with Gasteiger partial charge in [-0.2, -0.15) is 0 Å². The van der Waals surface area contributed by atoms with Gasteiger partial charge in [0, 0.05) is 6.07 Å². The molecule has 1 amide bonds. The number of methoxy groups -OCH3 is 2. The average Bonchev–Trinajstić information content (AvgIpc) is 2.39. The van der Waals surface area contributed by atoms with Crippen LogP contribution in [0.4, 0.5) is 5.69 Å². The highest BCUT2D eigenvalue weighted by atomic mass is 16.5. The van der Waals surface area contributed by atoms with Crippen LogP contribution in [0.15, 0.2) is 18.2 Å². The lowest BCUT2D eigenvalue weighted by Gasteiger charge is -2.20. The van der Waals surface area contributed by atoms with Crippen LogP contribution >= 0.6 is 0 Å². The Kier molecular flexibility index (Phi) is 5.63. The number of nitrogens with one attached hydrogen (secondary N) is 2. The van der Waals surface area contributed by atoms with Gasteiger partial charge in [-0.15, -0.1) is 0 Å². The van der Waals surface area contributed by atoms with Gasteiger partial charge in [0.05, 0.1) is 25.9 Å². The van der Waals surface area contributed by atoms with Gasteiger partial charge >= 0.3 is 0 Å². The number of rotatable bonds is 6. The maximum absolute atomic E-state index is 12.1. The first kappa shape index (κ1) is 15.3. The molecule has 0 radical (unpaired) electrons. The zero-order valence-corrected chi connectivity index (χ0v) is 12.1. The Labute approximate surface area is 114 Å². The molecule has 0 bridgehead atoms. The molecule has 19 heavy (non-hydrogen) atoms. The van der Waals surface area contributed by atoms with Crippen LogP contribution in [-0.4, -0.2) is 33.2 Å². The number of benzene rings is 1. The number of carbonyl (C=O) groups is 1. The second-order valence-electron chi connectivity index (χ2n) is 4.57. The number of anilines is 1. The summed E-state index contributed by atoms with van der Waals surface area (Å²) < 4.78 is 10.4. The van der Waals surface area contributed by atoms with E-state index in [0.717, 1.165) is 0 Å². The zero-order chi connectivity index (χ0) is 14.4. The van der Waals surface area contributed by atoms with Gasteiger partial charge in [-0.3, -0.25) is 4.79 Å². The molecule has 2 N–H and O–H groups in total. The van der Waals surface area contributed by atoms with E-state index in [9.17, 15) is 4.79 Å². The van der Waals surface area contributed by atoms with Crippen molar-refractivity contribution in [3.63, 3.8) is 0 Å². The van der Waals surface area contributed by atoms with Gasteiger partial charge < -0.3 is 20.1 Å². The summed E-state index contributed by atoms with van der Waals surface area (Å²) in [4.78, 5) is 12.1. The van der Waals surface area contributed by atoms with Crippen LogP contribution in [-0.2, 0) is 4.79 Å². The topological polar surface area (TPSA) is 59.6 Å². The molecular formula is C14H22N2O3. The number of hydrogen-bond acceptors (Lipinski definition) is 4. The summed E-state index contributed by atoms with van der Waals surface area (Å²) in [7, 11) is 4.92. The molecule has 0 aliphatic heterocycles. The second kappa shape index (κ2) is 6.99. The van der Waals surface area contributed by atoms with E-state index < -0.39 is 0 Å². The van der Waals surface area contributed by atoms with Gasteiger partial charge in [-0.05, 0) is 25.1 Å². The van der Waals surface area contributed by atoms with E-state index in [-0.39, 0.29) is 17.9 Å². The highest BCUT2D eigenvalue weighted by molar-refractivity contribution is 5.96. The van der Waals surface area contributed by atoms with Crippen LogP contribution in [0.1, 0.15) is 13.8 Å². The Bertz CT molecular complexity index is 433. The Hall–Kier alpha value is -1.75. The molecule has 1 rings (SSSR count). The molecule has 1 aromatic rings. The molecule has 0 saturated heterocycles. The van der Waals surface area contributed by atoms with E-state index in [1.807, 2.05) is 13.8 Å². The second-order valence-corrected chi connectivity index (χ2v) is 4.57. The molecule has 0 aliphatic carbocycles. The van der Waals surface area contributed by atoms with Crippen molar-refractivity contribution in [1.29, 1.82) is 0 Å². The molecule has 0 heterocycles. The minimum atomic E-state index is -0.244. The maximum Gasteiger partial charge on any atom is 0.241 e. The molecule has 0 saturated carbocycles. The number of carbonyl (C=O) groups excluding carboxylic acids is 1. The Morgan fingerprint density at radius 1 is 1.21 bits per heavy atom. The minimum Gasteiger partial charge on any atom is -0.497 e. The third kappa shape index (κ3) is 3.86. The van der Waals surface area contributed by atoms with Crippen LogP contribution in [0.25, 0.3) is 0 Å². The lowest BCUT2D eigenvalue weighted by Crippen LogP contribution is -2.42. The summed E-state index contributed by atoms with van der Waals surface area (Å²) in [5, 5.41) is 5.87. The van der Waals surface area contributed by atoms with Crippen LogP contribution < -0.4 is 20.1 Å². The summed E-state index contributed by atoms with van der Waals surface area (Å²) in [6.07, 6.45) is 0. The molecule has 0 fully saturated rings. The minimum absolute atomic E-state index is 0.0824. The Morgan fingerprint density at radius 2 is 1.89 bits per heavy atom. The summed E-state index contributed by atoms with van der Waals surface area (Å²) >= 11 is 0. The van der Waals surface area contributed by atoms with Crippen molar-refractivity contribution in [1.82, 2.24) is 5.32 Å². The first-order valence-corrected chi connectivity index (χ1v) is 6.23. The monoisotopic (exact) mass is 266 g/mol. The number of amides is 1. The van der Waals surface area contributed by atoms with E-state index in [2.05, 4.69) is 10.6 Å². The standard InChI is InChI=1S/C14H22N2O3/c1-9(2)13(15-3)14(17)16-11-7-6-10(18-4)8-12(11)19-5/h6-9,13,15H,1-5H3,(H,16,17). The summed E-state index contributed by atoms with van der Waals surface area (Å²) in [6, 6.07) is 5.04. The SMILES string of the molecule is CNC(C(=O)Nc1ccc(OC)cc1OC)C(C)C. The molecule has 5 heteroatoms. The first-order valence-electron chi connectivity index (χ1n) is 6.23. The molecule has 1 aromatic carbocycles. The van der Waals surface area contributed by atoms with E-state index in [1.54, 1.807) is 39.5 Å². The summed E-state index contributed by atoms with van der Waals surface area (Å²) in [5.74, 6) is 1.38. The normalized spacial score (nSPS) is 12.1. The predicted octanol–water partition coefficient (Wildman–Crippen LogP) is 1.89. The number of likely N-dealkylation sites (N-methyl/N-ethyl adjacent to an activating group) is 1. The van der Waals surface area contributed by atoms with Crippen LogP contribution in [0.2, 0.25) is 0 Å². The van der Waals surface area contributed by atoms with Gasteiger partial charge in [0.15, 0.2) is 0 Å². The van der Waals surface area contributed by atoms with Gasteiger partial charge in [0.2, 0.25) is 5.91 Å². The van der Waals surface area contributed by atoms with Crippen molar-refractivity contribution in [3.05, 3.63) is 18.2 Å². The van der Waals surface area contributed by atoms with Crippen molar-refractivity contribution in [3.8, 4) is 11.5 Å². The molecular weight excluding hydrogens is 244 g/mol. The zero-order valence-electron chi connectivity index (χ0n) is 12.1. The van der Waals surface area contributed by atoms with Crippen LogP contribution in [0.5, 0.6) is 11.5 Å². The van der Waals surface area contributed by atoms with E-state index >= 15 is 0 Å². The lowest BCUT2D eigenvalue weighted by molar-refractivity contribution is -0.118. The fraction of sp³-hybridized carbons (Fsp3) is 0.500. The Morgan fingerprint density at radius 3 is 2.37 bits per heavy atom. The molecule has 106 valence electrons. The summed E-state index contributed by atoms with van der Waals surface area (Å²) in [6.45, 7) is 3.98. The van der Waals surface area contributed by atoms with Gasteiger partial charge in [0.25, 0.3) is 0 Å². The molecule has 1 unspecified atom stereocenters. The first-order chi connectivity index (χ1) is 9.03. The van der Waals surface area contributed by atoms with Crippen molar-refractivity contribution < 1.29 is 14.3 Å². The number of hydrogen-bond donors (Lipinski definition) is 2. The quantitative estimate of drug-likeness (QED) is 0.825. The smallest absolute Gasteiger partial charge is 0.241 e. The highest BCUT2D eigenvalue weighted by Gasteiger charge is 2.21. The molecule has 0 spiro atoms. The average molecular weight is 266 g/mol. The summed E-state index contributed by atoms with van der Waals surface area (Å²) in [5.41, 5.74) is 0.634. The van der Waals surface area contributed by atoms with Crippen molar-refractivity contribution in [2.75, 3.05) is 26.6 Å². The van der Waals surface area contributed by atoms with Gasteiger partial charge in [0.1, 0.15) is 11.5 Å². The maximum atomic E-state index is 12.1. The molecule has 5 nitrogen and oxygen atoms in total. The third-order valence-electron chi connectivity index (χ3n) is 2.93. The van der Waals surface area contributed by atoms with Crippen molar-refractivity contribution in [2.45, 2.75) is 19.9 Å². The largest absolute Gasteiger partial charge is 0.497 e. The fourth-order valence-corrected chi connectivity index (χ4v) is 1.88. The van der Waals surface area contributed by atoms with E-state index in [4.69, 9.17) is 9.47 Å². The van der Waals surface area contributed by atoms with Gasteiger partial charge in [-0.25, -0.2) is 0 Å². The fourth-order valence-electron chi connectivity index (χ4n) is 1.88. The van der Waals surface area contributed by atoms with Crippen molar-refractivity contribution >= 4 is 11.6 Å². The number of ether oxygens (including phenoxy) is 2. The lowest BCUT2D eigenvalue weighted by atomic mass is 10.0. The third-order valence-corrected chi connectivity index (χ3v) is 2.93. The Balaban J connectivity index is 2.89. The molecule has 0 aromatic heterocycles. The van der Waals surface area contributed by atoms with Crippen molar-refractivity contribution in [2.24, 2.45) is 5.92 Å². The highest BCUT2D eigenvalue weighted by Crippen LogP contribution is 2.29. The molecule has 0 aliphatic rings. The van der Waals surface area contributed by atoms with Gasteiger partial charge in [-0.1, -0.05) is 13.8 Å². The molecule has 1 atom stereocenters. The predicted molar refractivity (Wildman–Crippen MR) is 75.9 cm³/mol. The van der Waals surface area contributed by atoms with E-state index in [1.165, 1.54) is 0 Å². The van der Waals surface area contributed by atoms with Crippen LogP contribution in [0, 0.1) is 5.92 Å². The van der Waals surface area contributed by atoms with Crippen LogP contribution in [0.3, 0.4) is 0 Å².